The lowest BCUT2D eigenvalue weighted by Crippen LogP contribution is -2.23. The Balaban J connectivity index is 2.43. The Bertz CT molecular complexity index is 221. The minimum atomic E-state index is -0.0880. The summed E-state index contributed by atoms with van der Waals surface area (Å²) in [6.45, 7) is 4.85. The molecular weight excluding hydrogens is 198 g/mol. The van der Waals surface area contributed by atoms with E-state index in [1.807, 2.05) is 0 Å². The van der Waals surface area contributed by atoms with Gasteiger partial charge in [-0.3, -0.25) is 0 Å². The number of rotatable bonds is 4. The zero-order valence-electron chi connectivity index (χ0n) is 10.8. The summed E-state index contributed by atoms with van der Waals surface area (Å²) in [5, 5.41) is 9.42. The minimum absolute atomic E-state index is 0.0880. The minimum Gasteiger partial charge on any atom is -0.379 e. The maximum absolute atomic E-state index is 9.42. The summed E-state index contributed by atoms with van der Waals surface area (Å²) in [5.41, 5.74) is -0.0880. The molecule has 0 saturated heterocycles. The van der Waals surface area contributed by atoms with Crippen molar-refractivity contribution in [2.45, 2.75) is 71.3 Å². The molecule has 0 aromatic heterocycles. The molecule has 0 N–H and O–H groups in total. The maximum atomic E-state index is 9.42. The fourth-order valence-corrected chi connectivity index (χ4v) is 2.49. The largest absolute Gasteiger partial charge is 0.379 e. The summed E-state index contributed by atoms with van der Waals surface area (Å²) in [6, 6.07) is 2.58. The van der Waals surface area contributed by atoms with Crippen LogP contribution < -0.4 is 0 Å². The van der Waals surface area contributed by atoms with Crippen LogP contribution in [0, 0.1) is 16.7 Å². The Morgan fingerprint density at radius 1 is 1.12 bits per heavy atom. The number of hydrogen-bond donors (Lipinski definition) is 0. The van der Waals surface area contributed by atoms with Crippen molar-refractivity contribution >= 4 is 0 Å². The molecule has 0 amide bonds. The van der Waals surface area contributed by atoms with Crippen molar-refractivity contribution in [1.29, 1.82) is 5.26 Å². The van der Waals surface area contributed by atoms with Gasteiger partial charge in [0.15, 0.2) is 0 Å². The summed E-state index contributed by atoms with van der Waals surface area (Å²) in [7, 11) is 0. The molecule has 1 fully saturated rings. The van der Waals surface area contributed by atoms with Crippen LogP contribution in [0.2, 0.25) is 0 Å². The van der Waals surface area contributed by atoms with Gasteiger partial charge in [0.05, 0.1) is 17.6 Å². The zero-order chi connectivity index (χ0) is 11.9. The lowest BCUT2D eigenvalue weighted by molar-refractivity contribution is 0.0558. The van der Waals surface area contributed by atoms with Crippen LogP contribution in [-0.2, 0) is 4.74 Å². The van der Waals surface area contributed by atoms with Crippen LogP contribution in [0.4, 0.5) is 0 Å². The van der Waals surface area contributed by atoms with Crippen LogP contribution in [0.1, 0.15) is 65.2 Å². The lowest BCUT2D eigenvalue weighted by Gasteiger charge is -2.28. The van der Waals surface area contributed by atoms with Crippen molar-refractivity contribution in [3.63, 3.8) is 0 Å². The number of hydrogen-bond acceptors (Lipinski definition) is 2. The molecule has 16 heavy (non-hydrogen) atoms. The second-order valence-corrected chi connectivity index (χ2v) is 5.33. The van der Waals surface area contributed by atoms with Gasteiger partial charge in [0.2, 0.25) is 0 Å². The highest BCUT2D eigenvalue weighted by Gasteiger charge is 2.29. The fraction of sp³-hybridized carbons (Fsp3) is 0.929. The first-order valence-electron chi connectivity index (χ1n) is 6.71. The number of nitrogens with zero attached hydrogens (tertiary/aromatic N) is 1. The van der Waals surface area contributed by atoms with Crippen LogP contribution in [0.15, 0.2) is 0 Å². The van der Waals surface area contributed by atoms with E-state index in [2.05, 4.69) is 19.9 Å². The molecule has 0 atom stereocenters. The van der Waals surface area contributed by atoms with E-state index in [9.17, 15) is 5.26 Å². The highest BCUT2D eigenvalue weighted by Crippen LogP contribution is 2.36. The molecule has 0 heterocycles. The Labute approximate surface area is 100.0 Å². The molecule has 0 unspecified atom stereocenters. The normalized spacial score (nSPS) is 21.1. The summed E-state index contributed by atoms with van der Waals surface area (Å²) in [5.74, 6) is 0. The Morgan fingerprint density at radius 2 is 1.69 bits per heavy atom. The zero-order valence-corrected chi connectivity index (χ0v) is 10.8. The van der Waals surface area contributed by atoms with Gasteiger partial charge in [0.1, 0.15) is 0 Å². The van der Waals surface area contributed by atoms with Gasteiger partial charge < -0.3 is 4.74 Å². The van der Waals surface area contributed by atoms with Crippen molar-refractivity contribution in [3.05, 3.63) is 0 Å². The molecule has 2 nitrogen and oxygen atoms in total. The SMILES string of the molecule is CC(C)OCCC1(C#N)CCCCCCC1. The molecule has 0 bridgehead atoms. The Kier molecular flexibility index (Phi) is 5.84. The van der Waals surface area contributed by atoms with Gasteiger partial charge in [0, 0.05) is 6.61 Å². The molecule has 0 aromatic rings. The molecule has 1 rings (SSSR count). The molecule has 92 valence electrons. The third-order valence-corrected chi connectivity index (χ3v) is 3.58. The smallest absolute Gasteiger partial charge is 0.0690 e. The topological polar surface area (TPSA) is 33.0 Å². The van der Waals surface area contributed by atoms with Gasteiger partial charge in [0.25, 0.3) is 0 Å². The van der Waals surface area contributed by atoms with Crippen LogP contribution in [0.3, 0.4) is 0 Å². The van der Waals surface area contributed by atoms with E-state index in [4.69, 9.17) is 4.74 Å². The highest BCUT2D eigenvalue weighted by molar-refractivity contribution is 4.99. The molecule has 2 heteroatoms. The van der Waals surface area contributed by atoms with Crippen LogP contribution in [-0.4, -0.2) is 12.7 Å². The Hall–Kier alpha value is -0.550. The molecular formula is C14H25NO. The predicted octanol–water partition coefficient (Wildman–Crippen LogP) is 4.06. The van der Waals surface area contributed by atoms with E-state index in [0.29, 0.717) is 0 Å². The second-order valence-electron chi connectivity index (χ2n) is 5.33. The average Bonchev–Trinajstić information content (AvgIpc) is 2.21. The highest BCUT2D eigenvalue weighted by atomic mass is 16.5. The summed E-state index contributed by atoms with van der Waals surface area (Å²) < 4.78 is 5.59. The third kappa shape index (κ3) is 4.53. The van der Waals surface area contributed by atoms with Crippen molar-refractivity contribution < 1.29 is 4.74 Å². The van der Waals surface area contributed by atoms with Crippen molar-refractivity contribution in [2.24, 2.45) is 5.41 Å². The second kappa shape index (κ2) is 6.91. The summed E-state index contributed by atoms with van der Waals surface area (Å²) in [4.78, 5) is 0. The fourth-order valence-electron chi connectivity index (χ4n) is 2.49. The first-order valence-corrected chi connectivity index (χ1v) is 6.71. The van der Waals surface area contributed by atoms with Gasteiger partial charge in [-0.25, -0.2) is 0 Å². The maximum Gasteiger partial charge on any atom is 0.0690 e. The van der Waals surface area contributed by atoms with Gasteiger partial charge >= 0.3 is 0 Å². The molecule has 0 aliphatic heterocycles. The van der Waals surface area contributed by atoms with Crippen molar-refractivity contribution in [2.75, 3.05) is 6.61 Å². The molecule has 0 spiro atoms. The van der Waals surface area contributed by atoms with Gasteiger partial charge in [-0.1, -0.05) is 32.1 Å². The first-order chi connectivity index (χ1) is 7.68. The molecule has 1 aliphatic rings. The average molecular weight is 223 g/mol. The van der Waals surface area contributed by atoms with Crippen molar-refractivity contribution in [3.8, 4) is 6.07 Å². The number of nitriles is 1. The van der Waals surface area contributed by atoms with Gasteiger partial charge in [-0.15, -0.1) is 0 Å². The monoisotopic (exact) mass is 223 g/mol. The standard InChI is InChI=1S/C14H25NO/c1-13(2)16-11-10-14(12-15)8-6-4-3-5-7-9-14/h13H,3-11H2,1-2H3. The van der Waals surface area contributed by atoms with Crippen LogP contribution in [0.5, 0.6) is 0 Å². The predicted molar refractivity (Wildman–Crippen MR) is 66.1 cm³/mol. The number of ether oxygens (including phenoxy) is 1. The first kappa shape index (κ1) is 13.5. The summed E-state index contributed by atoms with van der Waals surface area (Å²) >= 11 is 0. The van der Waals surface area contributed by atoms with E-state index < -0.39 is 0 Å². The molecule has 0 radical (unpaired) electrons. The third-order valence-electron chi connectivity index (χ3n) is 3.58. The van der Waals surface area contributed by atoms with Crippen molar-refractivity contribution in [1.82, 2.24) is 0 Å². The van der Waals surface area contributed by atoms with E-state index in [1.54, 1.807) is 0 Å². The quantitative estimate of drug-likeness (QED) is 0.720. The molecule has 1 saturated carbocycles. The van der Waals surface area contributed by atoms with Gasteiger partial charge in [-0.2, -0.15) is 5.26 Å². The van der Waals surface area contributed by atoms with E-state index in [-0.39, 0.29) is 11.5 Å². The van der Waals surface area contributed by atoms with E-state index >= 15 is 0 Å². The molecule has 0 aromatic carbocycles. The Morgan fingerprint density at radius 3 is 2.19 bits per heavy atom. The van der Waals surface area contributed by atoms with E-state index in [1.165, 1.54) is 32.1 Å². The van der Waals surface area contributed by atoms with Crippen LogP contribution >= 0.6 is 0 Å². The van der Waals surface area contributed by atoms with Gasteiger partial charge in [-0.05, 0) is 33.1 Å². The summed E-state index contributed by atoms with van der Waals surface area (Å²) in [6.07, 6.45) is 9.74. The molecule has 1 aliphatic carbocycles. The lowest BCUT2D eigenvalue weighted by atomic mass is 9.75. The van der Waals surface area contributed by atoms with E-state index in [0.717, 1.165) is 25.9 Å². The van der Waals surface area contributed by atoms with Crippen LogP contribution in [0.25, 0.3) is 0 Å².